The second kappa shape index (κ2) is 5.18. The highest BCUT2D eigenvalue weighted by molar-refractivity contribution is 7.80. The van der Waals surface area contributed by atoms with Crippen LogP contribution in [-0.4, -0.2) is 17.3 Å². The molecular formula is C13H17NO3S. The van der Waals surface area contributed by atoms with Crippen molar-refractivity contribution in [2.24, 2.45) is 5.41 Å². The highest BCUT2D eigenvalue weighted by Gasteiger charge is 2.37. The Morgan fingerprint density at radius 3 is 2.72 bits per heavy atom. The normalized spacial score (nSPS) is 17.0. The van der Waals surface area contributed by atoms with Crippen molar-refractivity contribution < 1.29 is 9.66 Å². The first-order valence-corrected chi connectivity index (χ1v) is 6.69. The predicted molar refractivity (Wildman–Crippen MR) is 73.5 cm³/mol. The Morgan fingerprint density at radius 2 is 2.22 bits per heavy atom. The highest BCUT2D eigenvalue weighted by atomic mass is 32.1. The van der Waals surface area contributed by atoms with Crippen molar-refractivity contribution in [3.05, 3.63) is 33.9 Å². The number of aryl methyl sites for hydroxylation is 1. The van der Waals surface area contributed by atoms with Crippen molar-refractivity contribution in [3.63, 3.8) is 0 Å². The molecule has 18 heavy (non-hydrogen) atoms. The highest BCUT2D eigenvalue weighted by Crippen LogP contribution is 2.43. The van der Waals surface area contributed by atoms with Crippen LogP contribution in [0, 0.1) is 22.5 Å². The van der Waals surface area contributed by atoms with Crippen molar-refractivity contribution in [1.82, 2.24) is 0 Å². The maximum absolute atomic E-state index is 11.0. The van der Waals surface area contributed by atoms with Crippen LogP contribution in [0.4, 0.5) is 5.69 Å². The van der Waals surface area contributed by atoms with E-state index in [0.717, 1.165) is 24.2 Å². The van der Waals surface area contributed by atoms with Gasteiger partial charge in [0, 0.05) is 11.5 Å². The van der Waals surface area contributed by atoms with Gasteiger partial charge < -0.3 is 4.74 Å². The molecule has 1 aromatic carbocycles. The number of rotatable bonds is 5. The molecule has 0 bridgehead atoms. The van der Waals surface area contributed by atoms with Crippen molar-refractivity contribution >= 4 is 18.3 Å². The van der Waals surface area contributed by atoms with Crippen LogP contribution in [0.5, 0.6) is 5.75 Å². The fraction of sp³-hybridized carbons (Fsp3) is 0.538. The third-order valence-corrected chi connectivity index (χ3v) is 4.33. The Kier molecular flexibility index (Phi) is 3.80. The van der Waals surface area contributed by atoms with E-state index in [1.165, 1.54) is 12.5 Å². The molecule has 0 atom stereocenters. The van der Waals surface area contributed by atoms with Gasteiger partial charge in [-0.3, -0.25) is 10.1 Å². The average Bonchev–Trinajstić information content (AvgIpc) is 2.29. The minimum Gasteiger partial charge on any atom is -0.486 e. The Bertz CT molecular complexity index is 452. The van der Waals surface area contributed by atoms with Crippen LogP contribution in [-0.2, 0) is 0 Å². The van der Waals surface area contributed by atoms with Gasteiger partial charge in [0.05, 0.1) is 11.5 Å². The van der Waals surface area contributed by atoms with E-state index in [0.29, 0.717) is 12.4 Å². The number of nitrogens with zero attached hydrogens (tertiary/aromatic N) is 1. The van der Waals surface area contributed by atoms with E-state index in [1.807, 2.05) is 13.0 Å². The number of nitro groups is 1. The molecule has 0 N–H and O–H groups in total. The van der Waals surface area contributed by atoms with E-state index in [2.05, 4.69) is 12.6 Å². The maximum Gasteiger partial charge on any atom is 0.311 e. The Labute approximate surface area is 112 Å². The molecule has 5 heteroatoms. The van der Waals surface area contributed by atoms with Crippen LogP contribution in [0.1, 0.15) is 24.8 Å². The molecule has 1 aliphatic carbocycles. The molecule has 98 valence electrons. The summed E-state index contributed by atoms with van der Waals surface area (Å²) in [4.78, 5) is 10.6. The standard InChI is InChI=1S/C13H17NO3S/c1-10-4-2-5-11(14(15)16)12(10)17-8-13(9-18)6-3-7-13/h2,4-5,18H,3,6-9H2,1H3. The summed E-state index contributed by atoms with van der Waals surface area (Å²) in [5.41, 5.74) is 0.959. The summed E-state index contributed by atoms with van der Waals surface area (Å²) in [5.74, 6) is 1.17. The minimum atomic E-state index is -0.392. The van der Waals surface area contributed by atoms with Crippen LogP contribution < -0.4 is 4.74 Å². The zero-order valence-electron chi connectivity index (χ0n) is 10.4. The zero-order valence-corrected chi connectivity index (χ0v) is 11.3. The van der Waals surface area contributed by atoms with E-state index < -0.39 is 4.92 Å². The van der Waals surface area contributed by atoms with Gasteiger partial charge in [0.2, 0.25) is 0 Å². The van der Waals surface area contributed by atoms with Gasteiger partial charge in [0.1, 0.15) is 0 Å². The van der Waals surface area contributed by atoms with Crippen LogP contribution in [0.25, 0.3) is 0 Å². The number of hydrogen-bond donors (Lipinski definition) is 1. The molecule has 1 fully saturated rings. The quantitative estimate of drug-likeness (QED) is 0.505. The molecule has 0 spiro atoms. The third-order valence-electron chi connectivity index (χ3n) is 3.66. The summed E-state index contributed by atoms with van der Waals surface area (Å²) in [6.45, 7) is 2.35. The summed E-state index contributed by atoms with van der Waals surface area (Å²) < 4.78 is 5.74. The van der Waals surface area contributed by atoms with E-state index in [-0.39, 0.29) is 11.1 Å². The first-order valence-electron chi connectivity index (χ1n) is 6.06. The second-order valence-electron chi connectivity index (χ2n) is 4.98. The smallest absolute Gasteiger partial charge is 0.311 e. The predicted octanol–water partition coefficient (Wildman–Crippen LogP) is 3.38. The Morgan fingerprint density at radius 1 is 1.50 bits per heavy atom. The van der Waals surface area contributed by atoms with E-state index in [9.17, 15) is 10.1 Å². The van der Waals surface area contributed by atoms with Crippen molar-refractivity contribution in [2.75, 3.05) is 12.4 Å². The largest absolute Gasteiger partial charge is 0.486 e. The lowest BCUT2D eigenvalue weighted by Crippen LogP contribution is -2.37. The van der Waals surface area contributed by atoms with Crippen LogP contribution in [0.3, 0.4) is 0 Å². The third kappa shape index (κ3) is 2.46. The van der Waals surface area contributed by atoms with Crippen LogP contribution in [0.15, 0.2) is 18.2 Å². The first kappa shape index (κ1) is 13.2. The Hall–Kier alpha value is -1.23. The number of ether oxygens (including phenoxy) is 1. The van der Waals surface area contributed by atoms with Gasteiger partial charge in [-0.15, -0.1) is 0 Å². The maximum atomic E-state index is 11.0. The molecule has 0 heterocycles. The molecule has 0 aromatic heterocycles. The molecule has 0 aliphatic heterocycles. The van der Waals surface area contributed by atoms with Gasteiger partial charge in [-0.05, 0) is 31.1 Å². The molecule has 0 radical (unpaired) electrons. The zero-order chi connectivity index (χ0) is 13.2. The lowest BCUT2D eigenvalue weighted by molar-refractivity contribution is -0.386. The molecule has 1 aliphatic rings. The van der Waals surface area contributed by atoms with Crippen molar-refractivity contribution in [1.29, 1.82) is 0 Å². The summed E-state index contributed by atoms with van der Waals surface area (Å²) in [6, 6.07) is 4.99. The molecule has 1 saturated carbocycles. The Balaban J connectivity index is 2.15. The number of para-hydroxylation sites is 1. The monoisotopic (exact) mass is 267 g/mol. The minimum absolute atomic E-state index is 0.0450. The summed E-state index contributed by atoms with van der Waals surface area (Å²) >= 11 is 4.36. The van der Waals surface area contributed by atoms with E-state index in [4.69, 9.17) is 4.74 Å². The lowest BCUT2D eigenvalue weighted by Gasteiger charge is -2.40. The second-order valence-corrected chi connectivity index (χ2v) is 5.30. The summed E-state index contributed by atoms with van der Waals surface area (Å²) in [6.07, 6.45) is 3.38. The van der Waals surface area contributed by atoms with Crippen molar-refractivity contribution in [3.8, 4) is 5.75 Å². The SMILES string of the molecule is Cc1cccc([N+](=O)[O-])c1OCC1(CS)CCC1. The van der Waals surface area contributed by atoms with Crippen molar-refractivity contribution in [2.45, 2.75) is 26.2 Å². The van der Waals surface area contributed by atoms with E-state index >= 15 is 0 Å². The number of thiol groups is 1. The van der Waals surface area contributed by atoms with Gasteiger partial charge in [-0.2, -0.15) is 12.6 Å². The molecule has 0 amide bonds. The lowest BCUT2D eigenvalue weighted by atomic mass is 9.71. The topological polar surface area (TPSA) is 52.4 Å². The first-order chi connectivity index (χ1) is 8.58. The molecule has 1 aromatic rings. The number of nitro benzene ring substituents is 1. The molecule has 0 unspecified atom stereocenters. The van der Waals surface area contributed by atoms with Crippen LogP contribution in [0.2, 0.25) is 0 Å². The number of benzene rings is 1. The average molecular weight is 267 g/mol. The summed E-state index contributed by atoms with van der Waals surface area (Å²) in [7, 11) is 0. The molecule has 4 nitrogen and oxygen atoms in total. The van der Waals surface area contributed by atoms with Gasteiger partial charge in [0.15, 0.2) is 5.75 Å². The molecule has 2 rings (SSSR count). The van der Waals surface area contributed by atoms with Gasteiger partial charge in [-0.1, -0.05) is 18.6 Å². The fourth-order valence-corrected chi connectivity index (χ4v) is 2.63. The summed E-state index contributed by atoms with van der Waals surface area (Å²) in [5, 5.41) is 11.0. The molecule has 0 saturated heterocycles. The van der Waals surface area contributed by atoms with Gasteiger partial charge in [-0.25, -0.2) is 0 Å². The molecular weight excluding hydrogens is 250 g/mol. The van der Waals surface area contributed by atoms with Crippen LogP contribution >= 0.6 is 12.6 Å². The van der Waals surface area contributed by atoms with E-state index in [1.54, 1.807) is 6.07 Å². The number of hydrogen-bond acceptors (Lipinski definition) is 4. The van der Waals surface area contributed by atoms with Gasteiger partial charge in [0.25, 0.3) is 0 Å². The van der Waals surface area contributed by atoms with Gasteiger partial charge >= 0.3 is 5.69 Å². The fourth-order valence-electron chi connectivity index (χ4n) is 2.22.